The van der Waals surface area contributed by atoms with Gasteiger partial charge >= 0.3 is 26.2 Å². The van der Waals surface area contributed by atoms with Gasteiger partial charge in [-0.1, -0.05) is 79.6 Å². The van der Waals surface area contributed by atoms with Crippen LogP contribution in [0.25, 0.3) is 0 Å². The monoisotopic (exact) mass is 477 g/mol. The van der Waals surface area contributed by atoms with Crippen molar-refractivity contribution in [1.29, 1.82) is 0 Å². The minimum absolute atomic E-state index is 0. The molecule has 2 N–H and O–H groups in total. The molecule has 0 saturated carbocycles. The second kappa shape index (κ2) is 19.4. The number of halogens is 2. The van der Waals surface area contributed by atoms with E-state index in [0.29, 0.717) is 0 Å². The molecule has 0 bridgehead atoms. The minimum Gasteiger partial charge on any atom is -1.00 e. The van der Waals surface area contributed by atoms with E-state index in [0.717, 1.165) is 6.08 Å². The molecule has 2 radical (unpaired) electrons. The van der Waals surface area contributed by atoms with Crippen molar-refractivity contribution >= 4 is 23.5 Å². The molecule has 0 aliphatic heterocycles. The van der Waals surface area contributed by atoms with Crippen LogP contribution < -0.4 is 30.5 Å². The maximum atomic E-state index is 9.47. The first-order valence-electron chi connectivity index (χ1n) is 7.12. The molecule has 0 aromatic carbocycles. The number of carbonyl (C=O) groups excluding carboxylic acids is 1. The number of rotatable bonds is 3. The van der Waals surface area contributed by atoms with Crippen molar-refractivity contribution < 1.29 is 55.8 Å². The molecule has 0 aromatic rings. The van der Waals surface area contributed by atoms with Gasteiger partial charge in [0.1, 0.15) is 0 Å². The van der Waals surface area contributed by atoms with E-state index in [1.54, 1.807) is 10.4 Å². The van der Waals surface area contributed by atoms with Gasteiger partial charge in [0.05, 0.1) is 17.6 Å². The Morgan fingerprint density at radius 3 is 1.38 bits per heavy atom. The summed E-state index contributed by atoms with van der Waals surface area (Å²) in [4.78, 5) is 9.47. The molecule has 24 heavy (non-hydrogen) atoms. The van der Waals surface area contributed by atoms with Gasteiger partial charge < -0.3 is 30.5 Å². The van der Waals surface area contributed by atoms with Gasteiger partial charge in [-0.15, -0.1) is 0 Å². The summed E-state index contributed by atoms with van der Waals surface area (Å²) in [7, 11) is -0.227. The standard InChI is InChI=1S/2C7H11Si.C3H5NO.2ClH.Zr/c2*1-8(2)7-5-3-4-6-7;1-2-3(4)5;;;/h2*3-5H,6H2,1-2H3;2H,1H2,(H2,4,5);2*1H;/q;;;;;+2/p-2. The number of nitrogens with two attached hydrogens (primary N) is 1. The zero-order valence-corrected chi connectivity index (χ0v) is 20.9. The van der Waals surface area contributed by atoms with Crippen LogP contribution in [0.3, 0.4) is 0 Å². The average Bonchev–Trinajstić information content (AvgIpc) is 3.13. The number of hydrogen-bond donors (Lipinski definition) is 1. The molecule has 2 rings (SSSR count). The first-order chi connectivity index (χ1) is 9.88. The zero-order valence-electron chi connectivity index (χ0n) is 14.9. The van der Waals surface area contributed by atoms with E-state index in [1.165, 1.54) is 12.8 Å². The normalized spacial score (nSPS) is 13.1. The molecule has 2 aliphatic carbocycles. The molecule has 132 valence electrons. The van der Waals surface area contributed by atoms with Gasteiger partial charge in [0.2, 0.25) is 5.91 Å². The number of hydrogen-bond acceptors (Lipinski definition) is 1. The third-order valence-electron chi connectivity index (χ3n) is 3.03. The van der Waals surface area contributed by atoms with Gasteiger partial charge in [0.15, 0.2) is 0 Å². The van der Waals surface area contributed by atoms with E-state index >= 15 is 0 Å². The first-order valence-corrected chi connectivity index (χ1v) is 12.1. The third-order valence-corrected chi connectivity index (χ3v) is 6.34. The van der Waals surface area contributed by atoms with Crippen molar-refractivity contribution in [3.63, 3.8) is 0 Å². The maximum absolute atomic E-state index is 9.47. The van der Waals surface area contributed by atoms with Crippen molar-refractivity contribution in [1.82, 2.24) is 0 Å². The van der Waals surface area contributed by atoms with Gasteiger partial charge in [-0.05, 0) is 18.9 Å². The van der Waals surface area contributed by atoms with Crippen LogP contribution in [0.2, 0.25) is 26.2 Å². The molecule has 0 spiro atoms. The zero-order chi connectivity index (χ0) is 16.3. The molecule has 0 aromatic heterocycles. The Kier molecular flexibility index (Phi) is 25.7. The van der Waals surface area contributed by atoms with Crippen LogP contribution in [0.5, 0.6) is 0 Å². The van der Waals surface area contributed by atoms with Crippen molar-refractivity contribution in [3.8, 4) is 0 Å². The van der Waals surface area contributed by atoms with E-state index in [2.05, 4.69) is 75.0 Å². The van der Waals surface area contributed by atoms with E-state index in [9.17, 15) is 4.79 Å². The molecule has 2 aliphatic rings. The summed E-state index contributed by atoms with van der Waals surface area (Å²) in [5, 5.41) is 3.32. The van der Waals surface area contributed by atoms with Gasteiger partial charge in [-0.3, -0.25) is 4.79 Å². The van der Waals surface area contributed by atoms with Crippen LogP contribution >= 0.6 is 0 Å². The Bertz CT molecular complexity index is 439. The molecule has 7 heteroatoms. The van der Waals surface area contributed by atoms with Crippen LogP contribution in [0.15, 0.2) is 59.5 Å². The van der Waals surface area contributed by atoms with Crippen molar-refractivity contribution in [2.24, 2.45) is 5.73 Å². The molecule has 0 atom stereocenters. The number of allylic oxidation sites excluding steroid dienone is 8. The summed E-state index contributed by atoms with van der Waals surface area (Å²) in [6.45, 7) is 12.4. The van der Waals surface area contributed by atoms with Crippen molar-refractivity contribution in [2.45, 2.75) is 39.0 Å². The van der Waals surface area contributed by atoms with Gasteiger partial charge in [0.25, 0.3) is 0 Å². The van der Waals surface area contributed by atoms with E-state index in [1.807, 2.05) is 0 Å². The predicted octanol–water partition coefficient (Wildman–Crippen LogP) is -2.00. The molecule has 0 heterocycles. The number of primary amides is 1. The fourth-order valence-corrected chi connectivity index (χ4v) is 3.55. The van der Waals surface area contributed by atoms with E-state index in [-0.39, 0.29) is 68.6 Å². The molecule has 0 unspecified atom stereocenters. The summed E-state index contributed by atoms with van der Waals surface area (Å²) in [5.41, 5.74) is 4.53. The van der Waals surface area contributed by atoms with Gasteiger partial charge in [0, 0.05) is 0 Å². The Labute approximate surface area is 182 Å². The molecular formula is C17H27Cl2NOSi2Zr. The van der Waals surface area contributed by atoms with Crippen LogP contribution in [-0.2, 0) is 31.0 Å². The topological polar surface area (TPSA) is 43.1 Å². The van der Waals surface area contributed by atoms with Crippen LogP contribution in [0.1, 0.15) is 12.8 Å². The SMILES string of the molecule is C=CC(N)=O.C[Si](C)C1=CC=CC1.C[Si](C)C1=CC=CC1.[Cl-].[Cl-].[Zr+2]. The molecule has 0 fully saturated rings. The van der Waals surface area contributed by atoms with Crippen LogP contribution in [0, 0.1) is 0 Å². The van der Waals surface area contributed by atoms with Gasteiger partial charge in [-0.2, -0.15) is 0 Å². The van der Waals surface area contributed by atoms with E-state index < -0.39 is 5.91 Å². The Balaban J connectivity index is -0.000000121. The molecular weight excluding hydrogens is 452 g/mol. The fraction of sp³-hybridized carbons (Fsp3) is 0.353. The molecule has 1 amide bonds. The Hall–Kier alpha value is 0.0669. The summed E-state index contributed by atoms with van der Waals surface area (Å²) in [6.07, 6.45) is 16.8. The summed E-state index contributed by atoms with van der Waals surface area (Å²) in [6, 6.07) is 0. The minimum atomic E-state index is -0.481. The third kappa shape index (κ3) is 16.9. The second-order valence-electron chi connectivity index (χ2n) is 5.25. The van der Waals surface area contributed by atoms with Crippen LogP contribution in [-0.4, -0.2) is 23.5 Å². The average molecular weight is 480 g/mol. The van der Waals surface area contributed by atoms with Gasteiger partial charge in [-0.25, -0.2) is 0 Å². The fourth-order valence-electron chi connectivity index (χ4n) is 1.64. The summed E-state index contributed by atoms with van der Waals surface area (Å²) in [5.74, 6) is -0.481. The van der Waals surface area contributed by atoms with Crippen molar-refractivity contribution in [2.75, 3.05) is 0 Å². The Morgan fingerprint density at radius 1 is 1.00 bits per heavy atom. The predicted molar refractivity (Wildman–Crippen MR) is 98.0 cm³/mol. The second-order valence-corrected chi connectivity index (χ2v) is 10.5. The first kappa shape index (κ1) is 31.8. The Morgan fingerprint density at radius 2 is 1.29 bits per heavy atom. The van der Waals surface area contributed by atoms with E-state index in [4.69, 9.17) is 0 Å². The van der Waals surface area contributed by atoms with Crippen molar-refractivity contribution in [3.05, 3.63) is 59.5 Å². The smallest absolute Gasteiger partial charge is 1.00 e. The largest absolute Gasteiger partial charge is 2.00 e. The number of carbonyl (C=O) groups is 1. The summed E-state index contributed by atoms with van der Waals surface area (Å²) >= 11 is 0. The molecule has 0 saturated heterocycles. The van der Waals surface area contributed by atoms with Crippen LogP contribution in [0.4, 0.5) is 0 Å². The number of amides is 1. The maximum Gasteiger partial charge on any atom is 2.00 e. The molecule has 2 nitrogen and oxygen atoms in total. The quantitative estimate of drug-likeness (QED) is 0.369. The summed E-state index contributed by atoms with van der Waals surface area (Å²) < 4.78 is 0.